The second kappa shape index (κ2) is 5.12. The molecule has 1 aliphatic heterocycles. The Labute approximate surface area is 139 Å². The van der Waals surface area contributed by atoms with Gasteiger partial charge in [-0.3, -0.25) is 4.79 Å². The minimum Gasteiger partial charge on any atom is -0.371 e. The van der Waals surface area contributed by atoms with Crippen LogP contribution in [0.15, 0.2) is 41.6 Å². The van der Waals surface area contributed by atoms with Gasteiger partial charge in [0, 0.05) is 49.6 Å². The van der Waals surface area contributed by atoms with Crippen molar-refractivity contribution in [3.8, 4) is 0 Å². The molecule has 2 aliphatic carbocycles. The van der Waals surface area contributed by atoms with Crippen LogP contribution < -0.4 is 4.90 Å². The molecular weight excluding hydrogens is 284 g/mol. The Morgan fingerprint density at radius 2 is 1.74 bits per heavy atom. The predicted molar refractivity (Wildman–Crippen MR) is 93.3 cm³/mol. The number of rotatable bonds is 2. The molecule has 122 valence electrons. The lowest BCUT2D eigenvalue weighted by molar-refractivity contribution is -0.115. The number of hydrogen-bond donors (Lipinski definition) is 0. The lowest BCUT2D eigenvalue weighted by Gasteiger charge is -2.38. The Bertz CT molecular complexity index is 653. The summed E-state index contributed by atoms with van der Waals surface area (Å²) in [5.74, 6) is 1.52. The number of hydrogen-bond acceptors (Lipinski definition) is 3. The van der Waals surface area contributed by atoms with Crippen molar-refractivity contribution < 1.29 is 4.79 Å². The summed E-state index contributed by atoms with van der Waals surface area (Å²) in [5.41, 5.74) is 4.04. The first-order chi connectivity index (χ1) is 11.0. The zero-order valence-corrected chi connectivity index (χ0v) is 14.4. The summed E-state index contributed by atoms with van der Waals surface area (Å²) in [6.45, 7) is 10.9. The van der Waals surface area contributed by atoms with Crippen LogP contribution in [0.3, 0.4) is 0 Å². The number of anilines is 1. The van der Waals surface area contributed by atoms with Gasteiger partial charge >= 0.3 is 0 Å². The quantitative estimate of drug-likeness (QED) is 0.783. The maximum atomic E-state index is 12.4. The second-order valence-electron chi connectivity index (χ2n) is 7.84. The van der Waals surface area contributed by atoms with Crippen LogP contribution in [0.4, 0.5) is 5.69 Å². The topological polar surface area (TPSA) is 23.6 Å². The molecule has 0 N–H and O–H groups in total. The van der Waals surface area contributed by atoms with Gasteiger partial charge in [0.15, 0.2) is 5.78 Å². The molecule has 0 unspecified atom stereocenters. The van der Waals surface area contributed by atoms with Crippen LogP contribution in [-0.2, 0) is 4.79 Å². The number of nitrogens with zero attached hydrogens (tertiary/aromatic N) is 2. The standard InChI is InChI=1S/C20H26N2O/c1-14(18-17(23)13-16-19(18)20(16,2)3)21-9-11-22(12-10-21)15-7-5-4-6-8-15/h4-8,16,19H,9-13H2,1-3H3/t16-,19-/m1/s1. The number of benzene rings is 1. The first kappa shape index (κ1) is 14.8. The maximum absolute atomic E-state index is 12.4. The van der Waals surface area contributed by atoms with Crippen LogP contribution in [0, 0.1) is 17.3 Å². The van der Waals surface area contributed by atoms with Crippen molar-refractivity contribution in [2.24, 2.45) is 17.3 Å². The van der Waals surface area contributed by atoms with Gasteiger partial charge in [0.25, 0.3) is 0 Å². The van der Waals surface area contributed by atoms with Gasteiger partial charge in [-0.15, -0.1) is 0 Å². The molecule has 3 fully saturated rings. The van der Waals surface area contributed by atoms with E-state index in [4.69, 9.17) is 0 Å². The third-order valence-electron chi connectivity index (χ3n) is 6.33. The molecule has 3 aliphatic rings. The third-order valence-corrected chi connectivity index (χ3v) is 6.33. The summed E-state index contributed by atoms with van der Waals surface area (Å²) in [6.07, 6.45) is 0.772. The van der Waals surface area contributed by atoms with Gasteiger partial charge in [-0.05, 0) is 36.3 Å². The van der Waals surface area contributed by atoms with Crippen molar-refractivity contribution >= 4 is 11.5 Å². The number of allylic oxidation sites excluding steroid dienone is 2. The molecule has 3 nitrogen and oxygen atoms in total. The van der Waals surface area contributed by atoms with E-state index in [0.29, 0.717) is 23.0 Å². The van der Waals surface area contributed by atoms with Gasteiger partial charge in [0.05, 0.1) is 0 Å². The van der Waals surface area contributed by atoms with Gasteiger partial charge < -0.3 is 9.80 Å². The van der Waals surface area contributed by atoms with E-state index < -0.39 is 0 Å². The summed E-state index contributed by atoms with van der Waals surface area (Å²) in [4.78, 5) is 17.3. The summed E-state index contributed by atoms with van der Waals surface area (Å²) in [6, 6.07) is 10.6. The highest BCUT2D eigenvalue weighted by molar-refractivity contribution is 6.01. The average molecular weight is 310 g/mol. The van der Waals surface area contributed by atoms with E-state index in [1.807, 2.05) is 0 Å². The van der Waals surface area contributed by atoms with E-state index in [2.05, 4.69) is 60.9 Å². The smallest absolute Gasteiger partial charge is 0.161 e. The zero-order chi connectivity index (χ0) is 16.2. The fourth-order valence-corrected chi connectivity index (χ4v) is 4.72. The highest BCUT2D eigenvalue weighted by atomic mass is 16.1. The minimum atomic E-state index is 0.344. The van der Waals surface area contributed by atoms with E-state index >= 15 is 0 Å². The SMILES string of the molecule is CC(=C1C(=O)C[C@@H]2[C@H]1C2(C)C)N1CCN(c2ccccc2)CC1. The van der Waals surface area contributed by atoms with Crippen molar-refractivity contribution in [1.29, 1.82) is 0 Å². The summed E-state index contributed by atoms with van der Waals surface area (Å²) >= 11 is 0. The molecule has 2 saturated carbocycles. The predicted octanol–water partition coefficient (Wildman–Crippen LogP) is 3.33. The van der Waals surface area contributed by atoms with Crippen molar-refractivity contribution in [3.05, 3.63) is 41.6 Å². The van der Waals surface area contributed by atoms with Crippen LogP contribution in [-0.4, -0.2) is 36.9 Å². The summed E-state index contributed by atoms with van der Waals surface area (Å²) in [7, 11) is 0. The van der Waals surface area contributed by atoms with Crippen molar-refractivity contribution in [3.63, 3.8) is 0 Å². The number of carbonyl (C=O) groups is 1. The molecule has 0 bridgehead atoms. The van der Waals surface area contributed by atoms with E-state index in [0.717, 1.165) is 38.2 Å². The van der Waals surface area contributed by atoms with Crippen LogP contribution in [0.25, 0.3) is 0 Å². The Morgan fingerprint density at radius 3 is 2.35 bits per heavy atom. The molecule has 1 heterocycles. The molecule has 0 aromatic heterocycles. The molecule has 0 spiro atoms. The third kappa shape index (κ3) is 2.29. The molecule has 4 rings (SSSR count). The number of Topliss-reactive ketones (excluding diaryl/α,β-unsaturated/α-hetero) is 1. The van der Waals surface area contributed by atoms with Gasteiger partial charge in [0.2, 0.25) is 0 Å². The average Bonchev–Trinajstić information content (AvgIpc) is 2.92. The second-order valence-corrected chi connectivity index (χ2v) is 7.84. The highest BCUT2D eigenvalue weighted by Crippen LogP contribution is 2.68. The minimum absolute atomic E-state index is 0.344. The van der Waals surface area contributed by atoms with Crippen molar-refractivity contribution in [1.82, 2.24) is 4.90 Å². The van der Waals surface area contributed by atoms with Crippen LogP contribution >= 0.6 is 0 Å². The van der Waals surface area contributed by atoms with Gasteiger partial charge in [0.1, 0.15) is 0 Å². The Morgan fingerprint density at radius 1 is 1.09 bits per heavy atom. The molecule has 0 amide bonds. The lowest BCUT2D eigenvalue weighted by atomic mass is 9.95. The van der Waals surface area contributed by atoms with Crippen molar-refractivity contribution in [2.75, 3.05) is 31.1 Å². The molecule has 1 aromatic rings. The van der Waals surface area contributed by atoms with E-state index in [1.165, 1.54) is 11.4 Å². The first-order valence-electron chi connectivity index (χ1n) is 8.79. The molecule has 1 aromatic carbocycles. The highest BCUT2D eigenvalue weighted by Gasteiger charge is 2.65. The largest absolute Gasteiger partial charge is 0.371 e. The Hall–Kier alpha value is -1.77. The molecular formula is C20H26N2O. The van der Waals surface area contributed by atoms with Crippen molar-refractivity contribution in [2.45, 2.75) is 27.2 Å². The van der Waals surface area contributed by atoms with Crippen LogP contribution in [0.5, 0.6) is 0 Å². The van der Waals surface area contributed by atoms with E-state index in [1.54, 1.807) is 0 Å². The van der Waals surface area contributed by atoms with Gasteiger partial charge in [-0.1, -0.05) is 32.0 Å². The monoisotopic (exact) mass is 310 g/mol. The molecule has 2 atom stereocenters. The fourth-order valence-electron chi connectivity index (χ4n) is 4.72. The molecule has 0 radical (unpaired) electrons. The lowest BCUT2D eigenvalue weighted by Crippen LogP contribution is -2.46. The fraction of sp³-hybridized carbons (Fsp3) is 0.550. The van der Waals surface area contributed by atoms with Gasteiger partial charge in [-0.25, -0.2) is 0 Å². The Balaban J connectivity index is 1.48. The number of para-hydroxylation sites is 1. The zero-order valence-electron chi connectivity index (χ0n) is 14.4. The normalized spacial score (nSPS) is 31.2. The summed E-state index contributed by atoms with van der Waals surface area (Å²) in [5, 5.41) is 0. The summed E-state index contributed by atoms with van der Waals surface area (Å²) < 4.78 is 0. The van der Waals surface area contributed by atoms with Crippen LogP contribution in [0.1, 0.15) is 27.2 Å². The molecule has 3 heteroatoms. The number of carbonyl (C=O) groups excluding carboxylic acids is 1. The Kier molecular flexibility index (Phi) is 3.29. The number of fused-ring (bicyclic) bond motifs is 1. The molecule has 1 saturated heterocycles. The number of ketones is 1. The molecule has 23 heavy (non-hydrogen) atoms. The maximum Gasteiger partial charge on any atom is 0.161 e. The number of piperazine rings is 1. The van der Waals surface area contributed by atoms with E-state index in [9.17, 15) is 4.79 Å². The van der Waals surface area contributed by atoms with E-state index in [-0.39, 0.29) is 0 Å². The first-order valence-corrected chi connectivity index (χ1v) is 8.79. The van der Waals surface area contributed by atoms with Gasteiger partial charge in [-0.2, -0.15) is 0 Å². The van der Waals surface area contributed by atoms with Crippen LogP contribution in [0.2, 0.25) is 0 Å².